The molecule has 3 rings (SSSR count). The van der Waals surface area contributed by atoms with Crippen LogP contribution in [0, 0.1) is 0 Å². The fourth-order valence-electron chi connectivity index (χ4n) is 2.83. The number of nitrogens with one attached hydrogen (secondary N) is 1. The highest BCUT2D eigenvalue weighted by Crippen LogP contribution is 2.29. The number of aryl methyl sites for hydroxylation is 1. The van der Waals surface area contributed by atoms with E-state index < -0.39 is 0 Å². The van der Waals surface area contributed by atoms with Crippen LogP contribution in [0.1, 0.15) is 43.9 Å². The molecule has 102 valence electrons. The third-order valence-corrected chi connectivity index (χ3v) is 3.85. The van der Waals surface area contributed by atoms with Gasteiger partial charge in [0.25, 0.3) is 0 Å². The molecule has 6 nitrogen and oxygen atoms in total. The second kappa shape index (κ2) is 5.52. The highest BCUT2D eigenvalue weighted by atomic mass is 15.3. The predicted octanol–water partition coefficient (Wildman–Crippen LogP) is 1.75. The van der Waals surface area contributed by atoms with Crippen LogP contribution in [0.25, 0.3) is 0 Å². The van der Waals surface area contributed by atoms with Crippen molar-refractivity contribution in [2.75, 3.05) is 6.54 Å². The Bertz CT molecular complexity index is 503. The van der Waals surface area contributed by atoms with Crippen LogP contribution < -0.4 is 0 Å². The molecule has 0 aromatic carbocycles. The van der Waals surface area contributed by atoms with E-state index in [1.54, 1.807) is 6.33 Å². The van der Waals surface area contributed by atoms with Crippen LogP contribution >= 0.6 is 0 Å². The Balaban J connectivity index is 1.77. The van der Waals surface area contributed by atoms with Gasteiger partial charge in [0.15, 0.2) is 0 Å². The van der Waals surface area contributed by atoms with Crippen LogP contribution in [-0.4, -0.2) is 36.2 Å². The van der Waals surface area contributed by atoms with Crippen molar-refractivity contribution in [1.82, 2.24) is 29.6 Å². The summed E-state index contributed by atoms with van der Waals surface area (Å²) in [7, 11) is 0. The van der Waals surface area contributed by atoms with E-state index in [0.717, 1.165) is 37.7 Å². The highest BCUT2D eigenvalue weighted by Gasteiger charge is 2.26. The van der Waals surface area contributed by atoms with E-state index in [-0.39, 0.29) is 0 Å². The zero-order valence-corrected chi connectivity index (χ0v) is 11.3. The van der Waals surface area contributed by atoms with Gasteiger partial charge in [0.1, 0.15) is 18.0 Å². The number of imidazole rings is 1. The molecule has 0 bridgehead atoms. The van der Waals surface area contributed by atoms with Gasteiger partial charge in [-0.05, 0) is 26.3 Å². The van der Waals surface area contributed by atoms with Crippen molar-refractivity contribution >= 4 is 0 Å². The van der Waals surface area contributed by atoms with Crippen molar-refractivity contribution < 1.29 is 0 Å². The van der Waals surface area contributed by atoms with Crippen LogP contribution in [0.5, 0.6) is 0 Å². The monoisotopic (exact) mass is 260 g/mol. The second-order valence-electron chi connectivity index (χ2n) is 4.98. The molecule has 1 aliphatic rings. The van der Waals surface area contributed by atoms with Crippen LogP contribution in [0.4, 0.5) is 0 Å². The molecule has 0 unspecified atom stereocenters. The fourth-order valence-corrected chi connectivity index (χ4v) is 2.83. The number of piperidine rings is 1. The summed E-state index contributed by atoms with van der Waals surface area (Å²) in [5.74, 6) is 2.11. The van der Waals surface area contributed by atoms with Crippen LogP contribution in [-0.2, 0) is 13.1 Å². The number of nitrogens with zero attached hydrogens (tertiary/aromatic N) is 5. The third kappa shape index (κ3) is 2.53. The van der Waals surface area contributed by atoms with Crippen molar-refractivity contribution in [1.29, 1.82) is 0 Å². The second-order valence-corrected chi connectivity index (χ2v) is 4.98. The summed E-state index contributed by atoms with van der Waals surface area (Å²) in [5, 5.41) is 6.99. The lowest BCUT2D eigenvalue weighted by molar-refractivity contribution is 0.129. The van der Waals surface area contributed by atoms with Crippen molar-refractivity contribution in [2.24, 2.45) is 0 Å². The van der Waals surface area contributed by atoms with E-state index in [2.05, 4.69) is 36.6 Å². The standard InChI is InChI=1S/C13H20N6/c1-2-18-8-6-14-12(18)9-19-7-4-3-5-11(19)13-15-10-16-17-13/h6,8,10-11H,2-5,7,9H2,1H3,(H,15,16,17)/t11-/m0/s1. The van der Waals surface area contributed by atoms with Gasteiger partial charge in [-0.2, -0.15) is 5.10 Å². The molecule has 6 heteroatoms. The van der Waals surface area contributed by atoms with Gasteiger partial charge >= 0.3 is 0 Å². The van der Waals surface area contributed by atoms with Gasteiger partial charge in [-0.15, -0.1) is 0 Å². The zero-order chi connectivity index (χ0) is 13.1. The number of aromatic amines is 1. The van der Waals surface area contributed by atoms with E-state index in [9.17, 15) is 0 Å². The quantitative estimate of drug-likeness (QED) is 0.909. The average Bonchev–Trinajstić information content (AvgIpc) is 3.10. The molecule has 19 heavy (non-hydrogen) atoms. The van der Waals surface area contributed by atoms with E-state index in [1.807, 2.05) is 12.4 Å². The molecule has 2 aromatic rings. The van der Waals surface area contributed by atoms with Crippen LogP contribution in [0.2, 0.25) is 0 Å². The molecular formula is C13H20N6. The van der Waals surface area contributed by atoms with Gasteiger partial charge in [0.05, 0.1) is 12.6 Å². The summed E-state index contributed by atoms with van der Waals surface area (Å²) in [6.07, 6.45) is 9.16. The van der Waals surface area contributed by atoms with Crippen molar-refractivity contribution in [3.8, 4) is 0 Å². The minimum atomic E-state index is 0.346. The molecule has 0 radical (unpaired) electrons. The maximum atomic E-state index is 4.47. The van der Waals surface area contributed by atoms with Gasteiger partial charge in [-0.3, -0.25) is 10.00 Å². The predicted molar refractivity (Wildman–Crippen MR) is 71.3 cm³/mol. The summed E-state index contributed by atoms with van der Waals surface area (Å²) in [4.78, 5) is 11.3. The van der Waals surface area contributed by atoms with Crippen molar-refractivity contribution in [2.45, 2.75) is 45.3 Å². The molecule has 0 saturated carbocycles. The molecular weight excluding hydrogens is 240 g/mol. The molecule has 1 fully saturated rings. The summed E-state index contributed by atoms with van der Waals surface area (Å²) in [6, 6.07) is 0.346. The number of hydrogen-bond donors (Lipinski definition) is 1. The molecule has 1 aliphatic heterocycles. The van der Waals surface area contributed by atoms with Crippen LogP contribution in [0.15, 0.2) is 18.7 Å². The average molecular weight is 260 g/mol. The van der Waals surface area contributed by atoms with Gasteiger partial charge in [-0.1, -0.05) is 6.42 Å². The number of aromatic nitrogens is 5. The Morgan fingerprint density at radius 2 is 2.32 bits per heavy atom. The maximum Gasteiger partial charge on any atom is 0.141 e. The number of hydrogen-bond acceptors (Lipinski definition) is 4. The van der Waals surface area contributed by atoms with Crippen LogP contribution in [0.3, 0.4) is 0 Å². The van der Waals surface area contributed by atoms with E-state index in [4.69, 9.17) is 0 Å². The molecule has 0 aliphatic carbocycles. The van der Waals surface area contributed by atoms with E-state index >= 15 is 0 Å². The normalized spacial score (nSPS) is 20.8. The molecule has 2 aromatic heterocycles. The largest absolute Gasteiger partial charge is 0.334 e. The molecule has 1 N–H and O–H groups in total. The lowest BCUT2D eigenvalue weighted by Crippen LogP contribution is -2.34. The minimum Gasteiger partial charge on any atom is -0.334 e. The van der Waals surface area contributed by atoms with Crippen molar-refractivity contribution in [3.05, 3.63) is 30.4 Å². The summed E-state index contributed by atoms with van der Waals surface area (Å²) >= 11 is 0. The van der Waals surface area contributed by atoms with Gasteiger partial charge < -0.3 is 4.57 Å². The molecule has 3 heterocycles. The zero-order valence-electron chi connectivity index (χ0n) is 11.3. The number of likely N-dealkylation sites (tertiary alicyclic amines) is 1. The summed E-state index contributed by atoms with van der Waals surface area (Å²) in [6.45, 7) is 5.10. The Morgan fingerprint density at radius 1 is 1.37 bits per heavy atom. The number of H-pyrrole nitrogens is 1. The smallest absolute Gasteiger partial charge is 0.141 e. The lowest BCUT2D eigenvalue weighted by atomic mass is 10.0. The van der Waals surface area contributed by atoms with Gasteiger partial charge in [-0.25, -0.2) is 9.97 Å². The molecule has 0 amide bonds. The van der Waals surface area contributed by atoms with E-state index in [0.29, 0.717) is 6.04 Å². The maximum absolute atomic E-state index is 4.47. The lowest BCUT2D eigenvalue weighted by Gasteiger charge is -2.33. The first-order valence-electron chi connectivity index (χ1n) is 6.98. The Labute approximate surface area is 112 Å². The summed E-state index contributed by atoms with van der Waals surface area (Å²) < 4.78 is 2.20. The first-order valence-corrected chi connectivity index (χ1v) is 6.98. The Kier molecular flexibility index (Phi) is 3.59. The van der Waals surface area contributed by atoms with Crippen molar-refractivity contribution in [3.63, 3.8) is 0 Å². The first kappa shape index (κ1) is 12.3. The minimum absolute atomic E-state index is 0.346. The Morgan fingerprint density at radius 3 is 3.11 bits per heavy atom. The SMILES string of the molecule is CCn1ccnc1CN1CCCC[C@H]1c1ncn[nH]1. The first-order chi connectivity index (χ1) is 9.38. The van der Waals surface area contributed by atoms with E-state index in [1.165, 1.54) is 12.8 Å². The summed E-state index contributed by atoms with van der Waals surface area (Å²) in [5.41, 5.74) is 0. The van der Waals surface area contributed by atoms with Gasteiger partial charge in [0, 0.05) is 18.9 Å². The molecule has 0 spiro atoms. The molecule has 1 atom stereocenters. The molecule has 1 saturated heterocycles. The van der Waals surface area contributed by atoms with Gasteiger partial charge in [0.2, 0.25) is 0 Å². The Hall–Kier alpha value is -1.69. The third-order valence-electron chi connectivity index (χ3n) is 3.85. The number of rotatable bonds is 4. The topological polar surface area (TPSA) is 62.6 Å². The highest BCUT2D eigenvalue weighted by molar-refractivity contribution is 4.98. The fraction of sp³-hybridized carbons (Fsp3) is 0.615.